The van der Waals surface area contributed by atoms with Crippen LogP contribution in [0, 0.1) is 0 Å². The SMILES string of the molecule is CCOCCC(C)O[C@H]1CCN(C[C@H](c2ccc(OCCO)cc2)N(C)O)C1. The van der Waals surface area contributed by atoms with Crippen LogP contribution >= 0.6 is 0 Å². The average molecular weight is 397 g/mol. The molecule has 0 bridgehead atoms. The highest BCUT2D eigenvalue weighted by Gasteiger charge is 2.28. The van der Waals surface area contributed by atoms with Crippen molar-refractivity contribution in [1.82, 2.24) is 9.96 Å². The zero-order valence-electron chi connectivity index (χ0n) is 17.4. The van der Waals surface area contributed by atoms with Crippen LogP contribution in [0.25, 0.3) is 0 Å². The van der Waals surface area contributed by atoms with E-state index in [1.807, 2.05) is 31.2 Å². The van der Waals surface area contributed by atoms with Gasteiger partial charge in [0.25, 0.3) is 0 Å². The Hall–Kier alpha value is -1.22. The molecule has 1 heterocycles. The van der Waals surface area contributed by atoms with E-state index in [2.05, 4.69) is 11.8 Å². The normalized spacial score (nSPS) is 19.9. The molecule has 1 aliphatic heterocycles. The Morgan fingerprint density at radius 3 is 2.64 bits per heavy atom. The lowest BCUT2D eigenvalue weighted by Gasteiger charge is -2.28. The number of nitrogens with zero attached hydrogens (tertiary/aromatic N) is 2. The van der Waals surface area contributed by atoms with E-state index >= 15 is 0 Å². The molecule has 0 radical (unpaired) electrons. The Kier molecular flexibility index (Phi) is 10.2. The molecule has 2 N–H and O–H groups in total. The fraction of sp³-hybridized carbons (Fsp3) is 0.714. The minimum Gasteiger partial charge on any atom is -0.491 e. The standard InChI is InChI=1S/C21H36N2O5/c1-4-26-13-10-17(2)28-20-9-11-23(15-20)16-21(22(3)25)18-5-7-19(8-6-18)27-14-12-24/h5-8,17,20-21,24-25H,4,9-16H2,1-3H3/t17?,20-,21+/m0/s1. The quantitative estimate of drug-likeness (QED) is 0.391. The molecule has 1 aromatic rings. The zero-order valence-corrected chi connectivity index (χ0v) is 17.4. The van der Waals surface area contributed by atoms with Gasteiger partial charge in [-0.3, -0.25) is 4.90 Å². The molecule has 0 amide bonds. The summed E-state index contributed by atoms with van der Waals surface area (Å²) in [6, 6.07) is 7.55. The van der Waals surface area contributed by atoms with Crippen molar-refractivity contribution in [3.63, 3.8) is 0 Å². The van der Waals surface area contributed by atoms with Gasteiger partial charge in [0, 0.05) is 39.9 Å². The number of rotatable bonds is 13. The molecule has 0 aliphatic carbocycles. The first-order valence-electron chi connectivity index (χ1n) is 10.2. The van der Waals surface area contributed by atoms with Gasteiger partial charge >= 0.3 is 0 Å². The molecule has 28 heavy (non-hydrogen) atoms. The number of aliphatic hydroxyl groups excluding tert-OH is 1. The van der Waals surface area contributed by atoms with Crippen LogP contribution in [-0.4, -0.2) is 85.6 Å². The first-order valence-corrected chi connectivity index (χ1v) is 10.2. The van der Waals surface area contributed by atoms with Gasteiger partial charge in [0.1, 0.15) is 12.4 Å². The topological polar surface area (TPSA) is 74.6 Å². The highest BCUT2D eigenvalue weighted by Crippen LogP contribution is 2.25. The molecule has 1 unspecified atom stereocenters. The van der Waals surface area contributed by atoms with Gasteiger partial charge in [-0.1, -0.05) is 12.1 Å². The predicted molar refractivity (Wildman–Crippen MR) is 108 cm³/mol. The van der Waals surface area contributed by atoms with Crippen LogP contribution in [0.2, 0.25) is 0 Å². The van der Waals surface area contributed by atoms with E-state index < -0.39 is 0 Å². The van der Waals surface area contributed by atoms with Crippen molar-refractivity contribution in [2.75, 3.05) is 53.1 Å². The molecule has 1 saturated heterocycles. The second kappa shape index (κ2) is 12.4. The number of aliphatic hydroxyl groups is 1. The predicted octanol–water partition coefficient (Wildman–Crippen LogP) is 2.33. The van der Waals surface area contributed by atoms with Crippen molar-refractivity contribution < 1.29 is 24.5 Å². The van der Waals surface area contributed by atoms with E-state index in [0.29, 0.717) is 5.75 Å². The molecule has 3 atom stereocenters. The Balaban J connectivity index is 1.84. The average Bonchev–Trinajstić information content (AvgIpc) is 3.12. The zero-order chi connectivity index (χ0) is 20.4. The number of benzene rings is 1. The van der Waals surface area contributed by atoms with E-state index in [-0.39, 0.29) is 31.5 Å². The molecule has 1 aliphatic rings. The van der Waals surface area contributed by atoms with Crippen LogP contribution in [0.4, 0.5) is 0 Å². The van der Waals surface area contributed by atoms with Gasteiger partial charge in [-0.15, -0.1) is 0 Å². The van der Waals surface area contributed by atoms with Crippen LogP contribution in [0.5, 0.6) is 5.75 Å². The molecule has 1 aromatic carbocycles. The third kappa shape index (κ3) is 7.66. The largest absolute Gasteiger partial charge is 0.491 e. The molecule has 1 fully saturated rings. The Bertz CT molecular complexity index is 540. The molecule has 0 spiro atoms. The summed E-state index contributed by atoms with van der Waals surface area (Å²) in [5.41, 5.74) is 1.02. The maximum absolute atomic E-state index is 10.2. The van der Waals surface area contributed by atoms with E-state index in [1.54, 1.807) is 7.05 Å². The van der Waals surface area contributed by atoms with Crippen LogP contribution in [0.1, 0.15) is 38.3 Å². The van der Waals surface area contributed by atoms with Crippen LogP contribution < -0.4 is 4.74 Å². The van der Waals surface area contributed by atoms with Crippen LogP contribution in [-0.2, 0) is 9.47 Å². The number of likely N-dealkylation sites (N-methyl/N-ethyl adjacent to an activating group) is 1. The Labute approximate surface area is 168 Å². The maximum atomic E-state index is 10.2. The van der Waals surface area contributed by atoms with Crippen molar-refractivity contribution in [3.05, 3.63) is 29.8 Å². The molecular formula is C21H36N2O5. The lowest BCUT2D eigenvalue weighted by Crippen LogP contribution is -2.35. The van der Waals surface area contributed by atoms with Crippen molar-refractivity contribution in [2.45, 2.75) is 44.9 Å². The molecule has 7 nitrogen and oxygen atoms in total. The van der Waals surface area contributed by atoms with Gasteiger partial charge in [-0.2, -0.15) is 5.06 Å². The van der Waals surface area contributed by atoms with Gasteiger partial charge in [0.15, 0.2) is 0 Å². The third-order valence-electron chi connectivity index (χ3n) is 5.03. The van der Waals surface area contributed by atoms with Crippen molar-refractivity contribution in [3.8, 4) is 5.75 Å². The van der Waals surface area contributed by atoms with Crippen LogP contribution in [0.3, 0.4) is 0 Å². The fourth-order valence-corrected chi connectivity index (χ4v) is 3.50. The lowest BCUT2D eigenvalue weighted by atomic mass is 10.1. The first kappa shape index (κ1) is 23.1. The lowest BCUT2D eigenvalue weighted by molar-refractivity contribution is -0.111. The minimum atomic E-state index is -0.124. The highest BCUT2D eigenvalue weighted by atomic mass is 16.5. The number of hydrogen-bond acceptors (Lipinski definition) is 7. The van der Waals surface area contributed by atoms with E-state index in [0.717, 1.165) is 51.3 Å². The second-order valence-corrected chi connectivity index (χ2v) is 7.33. The molecule has 0 aromatic heterocycles. The summed E-state index contributed by atoms with van der Waals surface area (Å²) in [7, 11) is 1.68. The number of ether oxygens (including phenoxy) is 3. The molecule has 160 valence electrons. The molecular weight excluding hydrogens is 360 g/mol. The van der Waals surface area contributed by atoms with Gasteiger partial charge in [-0.05, 0) is 44.4 Å². The smallest absolute Gasteiger partial charge is 0.119 e. The first-order chi connectivity index (χ1) is 13.5. The van der Waals surface area contributed by atoms with E-state index in [9.17, 15) is 5.21 Å². The summed E-state index contributed by atoms with van der Waals surface area (Å²) < 4.78 is 17.0. The molecule has 7 heteroatoms. The minimum absolute atomic E-state index is 0.00774. The maximum Gasteiger partial charge on any atom is 0.119 e. The molecule has 2 rings (SSSR count). The monoisotopic (exact) mass is 396 g/mol. The van der Waals surface area contributed by atoms with E-state index in [4.69, 9.17) is 19.3 Å². The van der Waals surface area contributed by atoms with Crippen LogP contribution in [0.15, 0.2) is 24.3 Å². The van der Waals surface area contributed by atoms with Gasteiger partial charge in [-0.25, -0.2) is 0 Å². The van der Waals surface area contributed by atoms with E-state index in [1.165, 1.54) is 5.06 Å². The summed E-state index contributed by atoms with van der Waals surface area (Å²) >= 11 is 0. The molecule has 0 saturated carbocycles. The van der Waals surface area contributed by atoms with Crippen molar-refractivity contribution >= 4 is 0 Å². The Morgan fingerprint density at radius 2 is 2.00 bits per heavy atom. The summed E-state index contributed by atoms with van der Waals surface area (Å²) in [5.74, 6) is 0.716. The Morgan fingerprint density at radius 1 is 1.25 bits per heavy atom. The van der Waals surface area contributed by atoms with Gasteiger partial charge in [0.05, 0.1) is 24.9 Å². The number of hydrogen-bond donors (Lipinski definition) is 2. The summed E-state index contributed by atoms with van der Waals surface area (Å²) in [6.07, 6.45) is 2.35. The summed E-state index contributed by atoms with van der Waals surface area (Å²) in [5, 5.41) is 20.3. The summed E-state index contributed by atoms with van der Waals surface area (Å²) in [4.78, 5) is 2.34. The van der Waals surface area contributed by atoms with Crippen molar-refractivity contribution in [1.29, 1.82) is 0 Å². The second-order valence-electron chi connectivity index (χ2n) is 7.33. The number of hydroxylamine groups is 2. The third-order valence-corrected chi connectivity index (χ3v) is 5.03. The van der Waals surface area contributed by atoms with Crippen molar-refractivity contribution in [2.24, 2.45) is 0 Å². The van der Waals surface area contributed by atoms with Gasteiger partial charge in [0.2, 0.25) is 0 Å². The highest BCUT2D eigenvalue weighted by molar-refractivity contribution is 5.29. The number of likely N-dealkylation sites (tertiary alicyclic amines) is 1. The summed E-state index contributed by atoms with van der Waals surface area (Å²) in [6.45, 7) is 8.44. The fourth-order valence-electron chi connectivity index (χ4n) is 3.50. The van der Waals surface area contributed by atoms with Gasteiger partial charge < -0.3 is 24.5 Å².